The highest BCUT2D eigenvalue weighted by Crippen LogP contribution is 2.26. The minimum absolute atomic E-state index is 0.266. The number of allylic oxidation sites excluding steroid dienone is 2. The average Bonchev–Trinajstić information content (AvgIpc) is 2.82. The van der Waals surface area contributed by atoms with Crippen molar-refractivity contribution in [1.82, 2.24) is 4.98 Å². The smallest absolute Gasteiger partial charge is 0.160 e. The fraction of sp³-hybridized carbons (Fsp3) is 0.286. The Labute approximate surface area is 110 Å². The van der Waals surface area contributed by atoms with Gasteiger partial charge in [-0.15, -0.1) is 11.3 Å². The van der Waals surface area contributed by atoms with Crippen molar-refractivity contribution in [1.29, 1.82) is 0 Å². The molecule has 0 amide bonds. The second-order valence-electron chi connectivity index (χ2n) is 4.54. The van der Waals surface area contributed by atoms with Crippen LogP contribution in [-0.4, -0.2) is 10.8 Å². The number of Topliss-reactive ketones (excluding diaryl/α,β-unsaturated/α-hetero) is 1. The normalized spacial score (nSPS) is 16.4. The first-order chi connectivity index (χ1) is 8.74. The van der Waals surface area contributed by atoms with Gasteiger partial charge in [-0.1, -0.05) is 0 Å². The summed E-state index contributed by atoms with van der Waals surface area (Å²) >= 11 is 1.63. The quantitative estimate of drug-likeness (QED) is 0.892. The van der Waals surface area contributed by atoms with Gasteiger partial charge in [0.1, 0.15) is 0 Å². The van der Waals surface area contributed by atoms with E-state index >= 15 is 0 Å². The SMILES string of the molecule is CC1=C(Nc2ccc3ncsc3c2)CCCC1=O. The van der Waals surface area contributed by atoms with E-state index in [0.717, 1.165) is 35.3 Å². The molecule has 0 bridgehead atoms. The minimum atomic E-state index is 0.266. The predicted octanol–water partition coefficient (Wildman–Crippen LogP) is 3.74. The number of nitrogens with zero attached hydrogens (tertiary/aromatic N) is 1. The largest absolute Gasteiger partial charge is 0.359 e. The molecule has 0 fully saturated rings. The second-order valence-corrected chi connectivity index (χ2v) is 5.43. The van der Waals surface area contributed by atoms with Crippen LogP contribution in [0.3, 0.4) is 0 Å². The maximum Gasteiger partial charge on any atom is 0.160 e. The Morgan fingerprint density at radius 1 is 1.33 bits per heavy atom. The second kappa shape index (κ2) is 4.53. The van der Waals surface area contributed by atoms with Crippen molar-refractivity contribution in [3.63, 3.8) is 0 Å². The fourth-order valence-corrected chi connectivity index (χ4v) is 2.95. The topological polar surface area (TPSA) is 42.0 Å². The van der Waals surface area contributed by atoms with Crippen LogP contribution >= 0.6 is 11.3 Å². The zero-order valence-electron chi connectivity index (χ0n) is 10.2. The molecular weight excluding hydrogens is 244 g/mol. The maximum atomic E-state index is 11.7. The number of nitrogens with one attached hydrogen (secondary N) is 1. The predicted molar refractivity (Wildman–Crippen MR) is 74.8 cm³/mol. The van der Waals surface area contributed by atoms with Gasteiger partial charge >= 0.3 is 0 Å². The van der Waals surface area contributed by atoms with Crippen LogP contribution in [0.5, 0.6) is 0 Å². The number of rotatable bonds is 2. The van der Waals surface area contributed by atoms with Crippen LogP contribution in [0.2, 0.25) is 0 Å². The molecule has 1 aliphatic carbocycles. The molecule has 3 rings (SSSR count). The van der Waals surface area contributed by atoms with Gasteiger partial charge < -0.3 is 5.32 Å². The molecule has 1 aliphatic rings. The maximum absolute atomic E-state index is 11.7. The fourth-order valence-electron chi connectivity index (χ4n) is 2.23. The summed E-state index contributed by atoms with van der Waals surface area (Å²) in [5, 5.41) is 3.38. The van der Waals surface area contributed by atoms with E-state index in [9.17, 15) is 4.79 Å². The van der Waals surface area contributed by atoms with Crippen molar-refractivity contribution in [3.8, 4) is 0 Å². The van der Waals surface area contributed by atoms with Crippen LogP contribution in [0.1, 0.15) is 26.2 Å². The standard InChI is InChI=1S/C14H14N2OS/c1-9-11(3-2-4-13(9)17)16-10-5-6-12-14(7-10)18-8-15-12/h5-8,16H,2-4H2,1H3. The van der Waals surface area contributed by atoms with Gasteiger partial charge in [0, 0.05) is 23.4 Å². The summed E-state index contributed by atoms with van der Waals surface area (Å²) in [7, 11) is 0. The van der Waals surface area contributed by atoms with Crippen molar-refractivity contribution in [2.45, 2.75) is 26.2 Å². The Bertz CT molecular complexity index is 642. The molecule has 0 atom stereocenters. The van der Waals surface area contributed by atoms with Crippen molar-refractivity contribution in [2.24, 2.45) is 0 Å². The van der Waals surface area contributed by atoms with Gasteiger partial charge in [0.2, 0.25) is 0 Å². The lowest BCUT2D eigenvalue weighted by molar-refractivity contribution is -0.116. The molecule has 1 aromatic heterocycles. The number of fused-ring (bicyclic) bond motifs is 1. The molecule has 0 unspecified atom stereocenters. The highest BCUT2D eigenvalue weighted by atomic mass is 32.1. The van der Waals surface area contributed by atoms with Crippen molar-refractivity contribution < 1.29 is 4.79 Å². The first-order valence-electron chi connectivity index (χ1n) is 6.07. The minimum Gasteiger partial charge on any atom is -0.359 e. The third-order valence-corrected chi connectivity index (χ3v) is 4.12. The number of hydrogen-bond donors (Lipinski definition) is 1. The van der Waals surface area contributed by atoms with E-state index in [1.54, 1.807) is 11.3 Å². The van der Waals surface area contributed by atoms with E-state index in [1.165, 1.54) is 4.70 Å². The van der Waals surface area contributed by atoms with Crippen LogP contribution < -0.4 is 5.32 Å². The van der Waals surface area contributed by atoms with E-state index < -0.39 is 0 Å². The number of ketones is 1. The summed E-state index contributed by atoms with van der Waals surface area (Å²) in [6.45, 7) is 1.91. The monoisotopic (exact) mass is 258 g/mol. The average molecular weight is 258 g/mol. The van der Waals surface area contributed by atoms with E-state index in [-0.39, 0.29) is 5.78 Å². The molecule has 92 valence electrons. The summed E-state index contributed by atoms with van der Waals surface area (Å²) in [5.74, 6) is 0.266. The van der Waals surface area contributed by atoms with Gasteiger partial charge in [-0.2, -0.15) is 0 Å². The summed E-state index contributed by atoms with van der Waals surface area (Å²) in [6.07, 6.45) is 2.59. The Balaban J connectivity index is 1.91. The van der Waals surface area contributed by atoms with Crippen LogP contribution in [0, 0.1) is 0 Å². The van der Waals surface area contributed by atoms with Crippen molar-refractivity contribution >= 4 is 33.0 Å². The highest BCUT2D eigenvalue weighted by Gasteiger charge is 2.16. The third-order valence-electron chi connectivity index (χ3n) is 3.33. The zero-order chi connectivity index (χ0) is 12.5. The first-order valence-corrected chi connectivity index (χ1v) is 6.95. The van der Waals surface area contributed by atoms with Gasteiger partial charge in [0.15, 0.2) is 5.78 Å². The number of benzene rings is 1. The molecule has 2 aromatic rings. The summed E-state index contributed by atoms with van der Waals surface area (Å²) in [4.78, 5) is 15.9. The summed E-state index contributed by atoms with van der Waals surface area (Å²) < 4.78 is 1.17. The molecule has 18 heavy (non-hydrogen) atoms. The molecule has 0 saturated heterocycles. The van der Waals surface area contributed by atoms with E-state index in [4.69, 9.17) is 0 Å². The van der Waals surface area contributed by atoms with E-state index in [2.05, 4.69) is 16.4 Å². The van der Waals surface area contributed by atoms with Crippen molar-refractivity contribution in [3.05, 3.63) is 35.0 Å². The number of carbonyl (C=O) groups excluding carboxylic acids is 1. The van der Waals surface area contributed by atoms with Crippen LogP contribution in [0.4, 0.5) is 5.69 Å². The Morgan fingerprint density at radius 2 is 2.22 bits per heavy atom. The molecule has 0 aliphatic heterocycles. The van der Waals surface area contributed by atoms with Gasteiger partial charge in [0.05, 0.1) is 15.7 Å². The highest BCUT2D eigenvalue weighted by molar-refractivity contribution is 7.16. The van der Waals surface area contributed by atoms with Crippen LogP contribution in [0.15, 0.2) is 35.0 Å². The zero-order valence-corrected chi connectivity index (χ0v) is 11.0. The first kappa shape index (κ1) is 11.4. The van der Waals surface area contributed by atoms with Gasteiger partial charge in [-0.3, -0.25) is 4.79 Å². The molecule has 0 spiro atoms. The van der Waals surface area contributed by atoms with Crippen LogP contribution in [0.25, 0.3) is 10.2 Å². The van der Waals surface area contributed by atoms with Crippen molar-refractivity contribution in [2.75, 3.05) is 5.32 Å². The number of aromatic nitrogens is 1. The summed E-state index contributed by atoms with van der Waals surface area (Å²) in [6, 6.07) is 6.11. The molecule has 1 N–H and O–H groups in total. The lowest BCUT2D eigenvalue weighted by Crippen LogP contribution is -2.14. The number of thiazole rings is 1. The molecule has 1 aromatic carbocycles. The van der Waals surface area contributed by atoms with Crippen LogP contribution in [-0.2, 0) is 4.79 Å². The number of carbonyl (C=O) groups is 1. The number of anilines is 1. The van der Waals surface area contributed by atoms with E-state index in [1.807, 2.05) is 24.6 Å². The molecule has 0 radical (unpaired) electrons. The Kier molecular flexibility index (Phi) is 2.88. The molecule has 3 nitrogen and oxygen atoms in total. The molecule has 4 heteroatoms. The van der Waals surface area contributed by atoms with Gasteiger partial charge in [-0.05, 0) is 38.0 Å². The molecule has 0 saturated carbocycles. The van der Waals surface area contributed by atoms with Gasteiger partial charge in [-0.25, -0.2) is 4.98 Å². The third kappa shape index (κ3) is 2.04. The lowest BCUT2D eigenvalue weighted by atomic mass is 9.96. The Morgan fingerprint density at radius 3 is 3.11 bits per heavy atom. The van der Waals surface area contributed by atoms with E-state index in [0.29, 0.717) is 6.42 Å². The lowest BCUT2D eigenvalue weighted by Gasteiger charge is -2.18. The number of hydrogen-bond acceptors (Lipinski definition) is 4. The summed E-state index contributed by atoms with van der Waals surface area (Å²) in [5.41, 5.74) is 5.86. The van der Waals surface area contributed by atoms with Gasteiger partial charge in [0.25, 0.3) is 0 Å². The molecule has 1 heterocycles. The molecular formula is C14H14N2OS. The Hall–Kier alpha value is -1.68.